The molecule has 0 spiro atoms. The number of aliphatic hydroxyl groups is 1. The van der Waals surface area contributed by atoms with Crippen LogP contribution in [0.1, 0.15) is 18.4 Å². The summed E-state index contributed by atoms with van der Waals surface area (Å²) in [6.45, 7) is 1.05. The largest absolute Gasteiger partial charge is 0.393 e. The zero-order chi connectivity index (χ0) is 17.1. The van der Waals surface area contributed by atoms with Gasteiger partial charge in [0.25, 0.3) is 0 Å². The molecule has 2 aliphatic heterocycles. The van der Waals surface area contributed by atoms with E-state index in [9.17, 15) is 19.1 Å². The summed E-state index contributed by atoms with van der Waals surface area (Å²) in [6, 6.07) is 5.91. The van der Waals surface area contributed by atoms with Crippen LogP contribution < -0.4 is 5.32 Å². The summed E-state index contributed by atoms with van der Waals surface area (Å²) in [5.41, 5.74) is 0.514. The molecule has 1 aromatic carbocycles. The number of benzene rings is 1. The molecule has 2 unspecified atom stereocenters. The van der Waals surface area contributed by atoms with Crippen molar-refractivity contribution in [1.82, 2.24) is 10.2 Å². The molecule has 5 nitrogen and oxygen atoms in total. The van der Waals surface area contributed by atoms with E-state index >= 15 is 0 Å². The van der Waals surface area contributed by atoms with Gasteiger partial charge < -0.3 is 15.3 Å². The first-order valence-corrected chi connectivity index (χ1v) is 9.21. The van der Waals surface area contributed by atoms with Crippen LogP contribution in [0.5, 0.6) is 0 Å². The fourth-order valence-corrected chi connectivity index (χ4v) is 4.22. The Bertz CT molecular complexity index is 620. The zero-order valence-corrected chi connectivity index (χ0v) is 14.1. The Morgan fingerprint density at radius 2 is 2.04 bits per heavy atom. The van der Waals surface area contributed by atoms with Crippen molar-refractivity contribution in [2.45, 2.75) is 36.7 Å². The topological polar surface area (TPSA) is 69.6 Å². The number of carbonyl (C=O) groups excluding carboxylic acids is 2. The zero-order valence-electron chi connectivity index (χ0n) is 13.3. The predicted octanol–water partition coefficient (Wildman–Crippen LogP) is 0.952. The van der Waals surface area contributed by atoms with Gasteiger partial charge in [0.2, 0.25) is 11.8 Å². The predicted molar refractivity (Wildman–Crippen MR) is 90.1 cm³/mol. The van der Waals surface area contributed by atoms with Crippen molar-refractivity contribution in [3.05, 3.63) is 35.6 Å². The maximum atomic E-state index is 13.7. The summed E-state index contributed by atoms with van der Waals surface area (Å²) >= 11 is 1.40. The number of carbonyl (C=O) groups is 2. The Morgan fingerprint density at radius 3 is 2.71 bits per heavy atom. The number of aliphatic hydroxyl groups excluding tert-OH is 1. The second-order valence-corrected chi connectivity index (χ2v) is 7.47. The van der Waals surface area contributed by atoms with Crippen molar-refractivity contribution in [2.24, 2.45) is 0 Å². The lowest BCUT2D eigenvalue weighted by Gasteiger charge is -2.35. The lowest BCUT2D eigenvalue weighted by atomic mass is 10.1. The third-order valence-corrected chi connectivity index (χ3v) is 5.82. The quantitative estimate of drug-likeness (QED) is 0.850. The molecule has 2 fully saturated rings. The van der Waals surface area contributed by atoms with Crippen LogP contribution in [0.2, 0.25) is 0 Å². The van der Waals surface area contributed by atoms with Crippen molar-refractivity contribution in [3.63, 3.8) is 0 Å². The van der Waals surface area contributed by atoms with Gasteiger partial charge in [-0.3, -0.25) is 9.59 Å². The maximum Gasteiger partial charge on any atom is 0.246 e. The highest BCUT2D eigenvalue weighted by atomic mass is 32.2. The Kier molecular flexibility index (Phi) is 5.40. The molecule has 2 saturated heterocycles. The summed E-state index contributed by atoms with van der Waals surface area (Å²) in [4.78, 5) is 26.5. The van der Waals surface area contributed by atoms with Crippen molar-refractivity contribution >= 4 is 23.6 Å². The van der Waals surface area contributed by atoms with Gasteiger partial charge in [-0.05, 0) is 30.9 Å². The van der Waals surface area contributed by atoms with Gasteiger partial charge in [0.15, 0.2) is 0 Å². The Labute approximate surface area is 144 Å². The second kappa shape index (κ2) is 7.53. The van der Waals surface area contributed by atoms with Crippen LogP contribution in [-0.2, 0) is 16.0 Å². The van der Waals surface area contributed by atoms with E-state index in [2.05, 4.69) is 5.32 Å². The van der Waals surface area contributed by atoms with Crippen LogP contribution in [0.3, 0.4) is 0 Å². The normalized spacial score (nSPS) is 25.4. The highest BCUT2D eigenvalue weighted by Crippen LogP contribution is 2.24. The number of hydrogen-bond donors (Lipinski definition) is 2. The average molecular weight is 352 g/mol. The van der Waals surface area contributed by atoms with Crippen LogP contribution in [0.15, 0.2) is 24.3 Å². The molecular formula is C17H21FN2O3S. The van der Waals surface area contributed by atoms with Crippen molar-refractivity contribution in [1.29, 1.82) is 0 Å². The fraction of sp³-hybridized carbons (Fsp3) is 0.529. The minimum Gasteiger partial charge on any atom is -0.393 e. The van der Waals surface area contributed by atoms with Gasteiger partial charge in [0.05, 0.1) is 11.4 Å². The summed E-state index contributed by atoms with van der Waals surface area (Å²) < 4.78 is 13.7. The van der Waals surface area contributed by atoms with Crippen molar-refractivity contribution in [3.8, 4) is 0 Å². The summed E-state index contributed by atoms with van der Waals surface area (Å²) in [7, 11) is 0. The van der Waals surface area contributed by atoms with Crippen LogP contribution in [0.25, 0.3) is 0 Å². The second-order valence-electron chi connectivity index (χ2n) is 6.24. The van der Waals surface area contributed by atoms with E-state index in [1.165, 1.54) is 17.8 Å². The first-order valence-electron chi connectivity index (χ1n) is 8.17. The van der Waals surface area contributed by atoms with Gasteiger partial charge in [-0.25, -0.2) is 4.39 Å². The molecular weight excluding hydrogens is 331 g/mol. The highest BCUT2D eigenvalue weighted by Gasteiger charge is 2.35. The van der Waals surface area contributed by atoms with Gasteiger partial charge in [0.1, 0.15) is 11.9 Å². The molecule has 130 valence electrons. The molecule has 2 N–H and O–H groups in total. The number of nitrogens with one attached hydrogen (secondary N) is 1. The number of likely N-dealkylation sites (tertiary alicyclic amines) is 1. The number of hydrogen-bond acceptors (Lipinski definition) is 4. The van der Waals surface area contributed by atoms with E-state index in [0.29, 0.717) is 43.7 Å². The van der Waals surface area contributed by atoms with E-state index in [0.717, 1.165) is 0 Å². The SMILES string of the molecule is O=C1NC(C(=O)N2CCC(O)CC2)CSC1Cc1ccccc1F. The summed E-state index contributed by atoms with van der Waals surface area (Å²) in [5, 5.41) is 11.9. The van der Waals surface area contributed by atoms with Gasteiger partial charge in [-0.1, -0.05) is 18.2 Å². The lowest BCUT2D eigenvalue weighted by Crippen LogP contribution is -2.56. The fourth-order valence-electron chi connectivity index (χ4n) is 3.05. The molecule has 2 aliphatic rings. The number of amides is 2. The molecule has 0 saturated carbocycles. The number of rotatable bonds is 3. The molecule has 2 atom stereocenters. The van der Waals surface area contributed by atoms with Crippen LogP contribution in [-0.4, -0.2) is 58.1 Å². The van der Waals surface area contributed by atoms with E-state index in [1.54, 1.807) is 23.1 Å². The van der Waals surface area contributed by atoms with E-state index in [1.807, 2.05) is 0 Å². The number of halogens is 1. The van der Waals surface area contributed by atoms with Crippen LogP contribution in [0, 0.1) is 5.82 Å². The van der Waals surface area contributed by atoms with Gasteiger partial charge >= 0.3 is 0 Å². The van der Waals surface area contributed by atoms with Crippen LogP contribution >= 0.6 is 11.8 Å². The average Bonchev–Trinajstić information content (AvgIpc) is 2.58. The first kappa shape index (κ1) is 17.2. The smallest absolute Gasteiger partial charge is 0.246 e. The van der Waals surface area contributed by atoms with E-state index < -0.39 is 6.04 Å². The molecule has 0 radical (unpaired) electrons. The molecule has 1 aromatic rings. The molecule has 0 aromatic heterocycles. The third kappa shape index (κ3) is 3.89. The Balaban J connectivity index is 1.56. The Morgan fingerprint density at radius 1 is 1.33 bits per heavy atom. The van der Waals surface area contributed by atoms with E-state index in [4.69, 9.17) is 0 Å². The maximum absolute atomic E-state index is 13.7. The highest BCUT2D eigenvalue weighted by molar-refractivity contribution is 8.00. The lowest BCUT2D eigenvalue weighted by molar-refractivity contribution is -0.137. The van der Waals surface area contributed by atoms with Crippen molar-refractivity contribution in [2.75, 3.05) is 18.8 Å². The van der Waals surface area contributed by atoms with Crippen molar-refractivity contribution < 1.29 is 19.1 Å². The minimum atomic E-state index is -0.533. The molecule has 24 heavy (non-hydrogen) atoms. The summed E-state index contributed by atoms with van der Waals surface area (Å²) in [5.74, 6) is -0.129. The minimum absolute atomic E-state index is 0.0907. The molecule has 0 bridgehead atoms. The molecule has 0 aliphatic carbocycles. The Hall–Kier alpha value is -1.60. The summed E-state index contributed by atoms with van der Waals surface area (Å²) in [6.07, 6.45) is 1.14. The molecule has 3 rings (SSSR count). The van der Waals surface area contributed by atoms with Gasteiger partial charge in [-0.15, -0.1) is 11.8 Å². The molecule has 7 heteroatoms. The standard InChI is InChI=1S/C17H21FN2O3S/c18-13-4-2-1-3-11(13)9-15-16(22)19-14(10-24-15)17(23)20-7-5-12(21)6-8-20/h1-4,12,14-15,21H,5-10H2,(H,19,22). The monoisotopic (exact) mass is 352 g/mol. The third-order valence-electron chi connectivity index (χ3n) is 4.51. The van der Waals surface area contributed by atoms with E-state index in [-0.39, 0.29) is 29.0 Å². The number of piperidine rings is 1. The first-order chi connectivity index (χ1) is 11.5. The molecule has 2 amide bonds. The van der Waals surface area contributed by atoms with Gasteiger partial charge in [-0.2, -0.15) is 0 Å². The molecule has 2 heterocycles. The van der Waals surface area contributed by atoms with Crippen LogP contribution in [0.4, 0.5) is 4.39 Å². The number of thioether (sulfide) groups is 1. The van der Waals surface area contributed by atoms with Gasteiger partial charge in [0, 0.05) is 18.8 Å². The number of nitrogens with zero attached hydrogens (tertiary/aromatic N) is 1.